The van der Waals surface area contributed by atoms with Crippen LogP contribution in [0, 0.1) is 0 Å². The highest BCUT2D eigenvalue weighted by Gasteiger charge is 2.16. The Bertz CT molecular complexity index is 681. The predicted molar refractivity (Wildman–Crippen MR) is 68.3 cm³/mol. The standard InChI is InChI=1S/C11H13N5OS/c1-6(2)9-13-14-11-16(9)15-10(18-11)8-4-3-7(5-12)17-8/h3-4,6H,5,12H2,1-2H3. The monoisotopic (exact) mass is 263 g/mol. The van der Waals surface area contributed by atoms with Gasteiger partial charge >= 0.3 is 0 Å². The highest BCUT2D eigenvalue weighted by Crippen LogP contribution is 2.28. The maximum absolute atomic E-state index is 5.58. The Labute approximate surface area is 107 Å². The summed E-state index contributed by atoms with van der Waals surface area (Å²) in [6.07, 6.45) is 0. The molecule has 0 atom stereocenters. The quantitative estimate of drug-likeness (QED) is 0.781. The molecule has 7 heteroatoms. The van der Waals surface area contributed by atoms with Gasteiger partial charge in [-0.15, -0.1) is 15.3 Å². The predicted octanol–water partition coefficient (Wildman–Crippen LogP) is 2.03. The average Bonchev–Trinajstić information content (AvgIpc) is 3.02. The van der Waals surface area contributed by atoms with Crippen molar-refractivity contribution < 1.29 is 4.42 Å². The summed E-state index contributed by atoms with van der Waals surface area (Å²) >= 11 is 1.46. The second-order valence-corrected chi connectivity index (χ2v) is 5.24. The molecule has 3 heterocycles. The van der Waals surface area contributed by atoms with Crippen LogP contribution in [0.15, 0.2) is 16.5 Å². The van der Waals surface area contributed by atoms with Crippen molar-refractivity contribution in [2.75, 3.05) is 0 Å². The zero-order chi connectivity index (χ0) is 12.7. The highest BCUT2D eigenvalue weighted by atomic mass is 32.1. The number of hydrogen-bond donors (Lipinski definition) is 1. The van der Waals surface area contributed by atoms with Gasteiger partial charge in [0.25, 0.3) is 0 Å². The lowest BCUT2D eigenvalue weighted by atomic mass is 10.2. The number of rotatable bonds is 3. The van der Waals surface area contributed by atoms with Gasteiger partial charge in [0.2, 0.25) is 4.96 Å². The Hall–Kier alpha value is -1.73. The van der Waals surface area contributed by atoms with E-state index in [1.165, 1.54) is 11.3 Å². The normalized spacial score (nSPS) is 11.8. The Balaban J connectivity index is 2.07. The molecule has 0 amide bonds. The van der Waals surface area contributed by atoms with E-state index in [2.05, 4.69) is 29.1 Å². The van der Waals surface area contributed by atoms with Crippen LogP contribution in [0.2, 0.25) is 0 Å². The van der Waals surface area contributed by atoms with Crippen molar-refractivity contribution in [2.24, 2.45) is 5.73 Å². The third-order valence-corrected chi connectivity index (χ3v) is 3.52. The molecule has 0 saturated heterocycles. The molecule has 0 unspecified atom stereocenters. The van der Waals surface area contributed by atoms with Crippen molar-refractivity contribution in [1.82, 2.24) is 19.8 Å². The van der Waals surface area contributed by atoms with Crippen molar-refractivity contribution >= 4 is 16.3 Å². The van der Waals surface area contributed by atoms with Gasteiger partial charge in [-0.1, -0.05) is 25.2 Å². The lowest BCUT2D eigenvalue weighted by Crippen LogP contribution is -1.97. The summed E-state index contributed by atoms with van der Waals surface area (Å²) in [5.74, 6) is 2.62. The smallest absolute Gasteiger partial charge is 0.235 e. The second-order valence-electron chi connectivity index (χ2n) is 4.28. The van der Waals surface area contributed by atoms with Gasteiger partial charge in [0.15, 0.2) is 16.6 Å². The summed E-state index contributed by atoms with van der Waals surface area (Å²) in [5, 5.41) is 13.5. The molecule has 0 radical (unpaired) electrons. The minimum absolute atomic E-state index is 0.283. The molecule has 6 nitrogen and oxygen atoms in total. The molecular weight excluding hydrogens is 250 g/mol. The SMILES string of the molecule is CC(C)c1nnc2sc(-c3ccc(CN)o3)nn12. The molecular formula is C11H13N5OS. The first-order chi connectivity index (χ1) is 8.69. The number of nitrogens with zero attached hydrogens (tertiary/aromatic N) is 4. The fourth-order valence-corrected chi connectivity index (χ4v) is 2.50. The van der Waals surface area contributed by atoms with E-state index in [0.717, 1.165) is 27.3 Å². The lowest BCUT2D eigenvalue weighted by molar-refractivity contribution is 0.524. The summed E-state index contributed by atoms with van der Waals surface area (Å²) in [6, 6.07) is 3.74. The minimum Gasteiger partial charge on any atom is -0.457 e. The van der Waals surface area contributed by atoms with Gasteiger partial charge in [0.1, 0.15) is 5.76 Å². The average molecular weight is 263 g/mol. The van der Waals surface area contributed by atoms with Crippen molar-refractivity contribution in [2.45, 2.75) is 26.3 Å². The van der Waals surface area contributed by atoms with E-state index in [0.29, 0.717) is 6.54 Å². The topological polar surface area (TPSA) is 82.2 Å². The van der Waals surface area contributed by atoms with E-state index in [1.54, 1.807) is 4.52 Å². The van der Waals surface area contributed by atoms with E-state index < -0.39 is 0 Å². The summed E-state index contributed by atoms with van der Waals surface area (Å²) < 4.78 is 7.35. The minimum atomic E-state index is 0.283. The van der Waals surface area contributed by atoms with E-state index in [-0.39, 0.29) is 5.92 Å². The van der Waals surface area contributed by atoms with Crippen LogP contribution < -0.4 is 5.73 Å². The number of aromatic nitrogens is 4. The molecule has 0 spiro atoms. The third-order valence-electron chi connectivity index (χ3n) is 2.61. The van der Waals surface area contributed by atoms with Gasteiger partial charge in [0.05, 0.1) is 6.54 Å². The molecule has 2 N–H and O–H groups in total. The molecule has 0 aliphatic carbocycles. The Kier molecular flexibility index (Phi) is 2.64. The van der Waals surface area contributed by atoms with Crippen LogP contribution in [0.1, 0.15) is 31.4 Å². The Morgan fingerprint density at radius 1 is 1.39 bits per heavy atom. The number of nitrogens with two attached hydrogens (primary N) is 1. The lowest BCUT2D eigenvalue weighted by Gasteiger charge is -1.97. The van der Waals surface area contributed by atoms with Crippen LogP contribution in [0.3, 0.4) is 0 Å². The molecule has 0 aromatic carbocycles. The fourth-order valence-electron chi connectivity index (χ4n) is 1.69. The summed E-state index contributed by atoms with van der Waals surface area (Å²) in [4.78, 5) is 0.777. The summed E-state index contributed by atoms with van der Waals surface area (Å²) in [6.45, 7) is 4.52. The fraction of sp³-hybridized carbons (Fsp3) is 0.364. The van der Waals surface area contributed by atoms with Gasteiger partial charge < -0.3 is 10.2 Å². The molecule has 0 fully saturated rings. The highest BCUT2D eigenvalue weighted by molar-refractivity contribution is 7.19. The van der Waals surface area contributed by atoms with Crippen molar-refractivity contribution in [3.8, 4) is 10.8 Å². The number of hydrogen-bond acceptors (Lipinski definition) is 6. The molecule has 3 rings (SSSR count). The van der Waals surface area contributed by atoms with Crippen LogP contribution in [0.4, 0.5) is 0 Å². The number of fused-ring (bicyclic) bond motifs is 1. The third kappa shape index (κ3) is 1.72. The second kappa shape index (κ2) is 4.18. The van der Waals surface area contributed by atoms with Crippen molar-refractivity contribution in [3.05, 3.63) is 23.7 Å². The van der Waals surface area contributed by atoms with Crippen LogP contribution in [-0.4, -0.2) is 19.8 Å². The largest absolute Gasteiger partial charge is 0.457 e. The van der Waals surface area contributed by atoms with Crippen molar-refractivity contribution in [1.29, 1.82) is 0 Å². The first-order valence-corrected chi connectivity index (χ1v) is 6.52. The zero-order valence-electron chi connectivity index (χ0n) is 10.1. The molecule has 94 valence electrons. The van der Waals surface area contributed by atoms with E-state index in [1.807, 2.05) is 12.1 Å². The van der Waals surface area contributed by atoms with Gasteiger partial charge in [-0.05, 0) is 12.1 Å². The Morgan fingerprint density at radius 3 is 2.89 bits per heavy atom. The molecule has 3 aromatic heterocycles. The van der Waals surface area contributed by atoms with Crippen molar-refractivity contribution in [3.63, 3.8) is 0 Å². The van der Waals surface area contributed by atoms with Gasteiger partial charge in [-0.3, -0.25) is 0 Å². The van der Waals surface area contributed by atoms with Crippen LogP contribution in [0.5, 0.6) is 0 Å². The van der Waals surface area contributed by atoms with Crippen LogP contribution in [-0.2, 0) is 6.54 Å². The zero-order valence-corrected chi connectivity index (χ0v) is 10.9. The molecule has 0 bridgehead atoms. The van der Waals surface area contributed by atoms with Gasteiger partial charge in [0, 0.05) is 5.92 Å². The summed E-state index contributed by atoms with van der Waals surface area (Å²) in [7, 11) is 0. The van der Waals surface area contributed by atoms with E-state index in [9.17, 15) is 0 Å². The Morgan fingerprint density at radius 2 is 2.22 bits per heavy atom. The first kappa shape index (κ1) is 11.4. The molecule has 3 aromatic rings. The van der Waals surface area contributed by atoms with E-state index in [4.69, 9.17) is 10.2 Å². The first-order valence-electron chi connectivity index (χ1n) is 5.70. The van der Waals surface area contributed by atoms with Gasteiger partial charge in [-0.2, -0.15) is 4.52 Å². The van der Waals surface area contributed by atoms with Crippen LogP contribution in [0.25, 0.3) is 15.7 Å². The van der Waals surface area contributed by atoms with Gasteiger partial charge in [-0.25, -0.2) is 0 Å². The maximum Gasteiger partial charge on any atom is 0.235 e. The van der Waals surface area contributed by atoms with E-state index >= 15 is 0 Å². The molecule has 0 saturated carbocycles. The summed E-state index contributed by atoms with van der Waals surface area (Å²) in [5.41, 5.74) is 5.52. The maximum atomic E-state index is 5.58. The molecule has 0 aliphatic heterocycles. The number of furan rings is 1. The molecule has 18 heavy (non-hydrogen) atoms. The van der Waals surface area contributed by atoms with Crippen LogP contribution >= 0.6 is 11.3 Å². The molecule has 0 aliphatic rings.